The van der Waals surface area contributed by atoms with Gasteiger partial charge in [0.2, 0.25) is 5.91 Å². The lowest BCUT2D eigenvalue weighted by Gasteiger charge is -2.29. The summed E-state index contributed by atoms with van der Waals surface area (Å²) in [6.07, 6.45) is 8.54. The number of hydrogen-bond acceptors (Lipinski definition) is 5. The van der Waals surface area contributed by atoms with E-state index < -0.39 is 0 Å². The first-order chi connectivity index (χ1) is 13.3. The highest BCUT2D eigenvalue weighted by molar-refractivity contribution is 6.03. The maximum Gasteiger partial charge on any atom is 0.248 e. The molecule has 2 heterocycles. The molecule has 0 radical (unpaired) electrons. The monoisotopic (exact) mass is 362 g/mol. The number of ether oxygens (including phenoxy) is 1. The number of aromatic nitrogens is 1. The first kappa shape index (κ1) is 18.5. The maximum absolute atomic E-state index is 12.3. The molecule has 1 aliphatic heterocycles. The van der Waals surface area contributed by atoms with Gasteiger partial charge in [0, 0.05) is 25.4 Å². The average molecular weight is 362 g/mol. The van der Waals surface area contributed by atoms with Gasteiger partial charge in [-0.15, -0.1) is 0 Å². The fourth-order valence-corrected chi connectivity index (χ4v) is 2.99. The molecule has 1 aromatic heterocycles. The third kappa shape index (κ3) is 5.32. The van der Waals surface area contributed by atoms with E-state index in [4.69, 9.17) is 10.00 Å². The van der Waals surface area contributed by atoms with Crippen LogP contribution in [-0.2, 0) is 4.79 Å². The number of benzene rings is 1. The lowest BCUT2D eigenvalue weighted by molar-refractivity contribution is -0.111. The summed E-state index contributed by atoms with van der Waals surface area (Å²) in [4.78, 5) is 19.0. The van der Waals surface area contributed by atoms with Crippen LogP contribution in [0, 0.1) is 11.3 Å². The number of anilines is 2. The van der Waals surface area contributed by atoms with E-state index in [-0.39, 0.29) is 12.5 Å². The molecule has 0 bridgehead atoms. The van der Waals surface area contributed by atoms with E-state index in [0.717, 1.165) is 43.0 Å². The van der Waals surface area contributed by atoms with E-state index in [2.05, 4.69) is 15.2 Å². The predicted octanol–water partition coefficient (Wildman–Crippen LogP) is 3.63. The number of nitrogens with one attached hydrogen (secondary N) is 1. The van der Waals surface area contributed by atoms with E-state index in [1.807, 2.05) is 30.3 Å². The van der Waals surface area contributed by atoms with E-state index in [1.54, 1.807) is 24.4 Å². The average Bonchev–Trinajstić information content (AvgIpc) is 2.72. The fraction of sp³-hybridized carbons (Fsp3) is 0.286. The smallest absolute Gasteiger partial charge is 0.248 e. The first-order valence-corrected chi connectivity index (χ1v) is 9.05. The highest BCUT2D eigenvalue weighted by Gasteiger charge is 2.16. The highest BCUT2D eigenvalue weighted by atomic mass is 16.5. The molecule has 0 aliphatic carbocycles. The van der Waals surface area contributed by atoms with Gasteiger partial charge in [0.05, 0.1) is 5.69 Å². The van der Waals surface area contributed by atoms with Crippen molar-refractivity contribution < 1.29 is 9.53 Å². The van der Waals surface area contributed by atoms with Gasteiger partial charge in [-0.05, 0) is 55.2 Å². The van der Waals surface area contributed by atoms with Gasteiger partial charge in [0.1, 0.15) is 11.8 Å². The Balaban J connectivity index is 1.62. The minimum atomic E-state index is -0.203. The minimum Gasteiger partial charge on any atom is -0.479 e. The second-order valence-electron chi connectivity index (χ2n) is 6.26. The Morgan fingerprint density at radius 1 is 1.22 bits per heavy atom. The van der Waals surface area contributed by atoms with E-state index in [1.165, 1.54) is 12.5 Å². The Bertz CT molecular complexity index is 834. The standard InChI is InChI=1S/C21H22N4O2/c22-12-16-27-18-9-6-17(7-10-18)8-11-20(26)24-19-5-4-13-23-21(19)25-14-2-1-3-15-25/h4-11,13H,1-3,14-16H2,(H,24,26). The Morgan fingerprint density at radius 3 is 2.74 bits per heavy atom. The van der Waals surface area contributed by atoms with Gasteiger partial charge < -0.3 is 15.0 Å². The SMILES string of the molecule is N#CCOc1ccc(C=CC(=O)Nc2cccnc2N2CCCCC2)cc1. The Hall–Kier alpha value is -3.33. The summed E-state index contributed by atoms with van der Waals surface area (Å²) in [6.45, 7) is 1.95. The number of rotatable bonds is 6. The van der Waals surface area contributed by atoms with Crippen LogP contribution in [0.15, 0.2) is 48.7 Å². The molecule has 1 N–H and O–H groups in total. The largest absolute Gasteiger partial charge is 0.479 e. The number of carbonyl (C=O) groups is 1. The molecule has 6 nitrogen and oxygen atoms in total. The lowest BCUT2D eigenvalue weighted by atomic mass is 10.1. The van der Waals surface area contributed by atoms with Gasteiger partial charge >= 0.3 is 0 Å². The van der Waals surface area contributed by atoms with Gasteiger partial charge in [-0.3, -0.25) is 4.79 Å². The van der Waals surface area contributed by atoms with Crippen LogP contribution in [0.3, 0.4) is 0 Å². The van der Waals surface area contributed by atoms with Crippen molar-refractivity contribution >= 4 is 23.5 Å². The lowest BCUT2D eigenvalue weighted by Crippen LogP contribution is -2.31. The molecule has 1 saturated heterocycles. The molecule has 0 atom stereocenters. The van der Waals surface area contributed by atoms with Crippen molar-refractivity contribution in [1.82, 2.24) is 4.98 Å². The zero-order valence-electron chi connectivity index (χ0n) is 15.1. The fourth-order valence-electron chi connectivity index (χ4n) is 2.99. The van der Waals surface area contributed by atoms with Crippen molar-refractivity contribution in [3.05, 3.63) is 54.2 Å². The van der Waals surface area contributed by atoms with E-state index in [0.29, 0.717) is 5.75 Å². The molecule has 6 heteroatoms. The van der Waals surface area contributed by atoms with Crippen LogP contribution in [0.1, 0.15) is 24.8 Å². The zero-order chi connectivity index (χ0) is 18.9. The molecule has 27 heavy (non-hydrogen) atoms. The number of pyridine rings is 1. The Labute approximate surface area is 159 Å². The normalized spacial score (nSPS) is 14.0. The molecule has 1 amide bonds. The third-order valence-electron chi connectivity index (χ3n) is 4.31. The summed E-state index contributed by atoms with van der Waals surface area (Å²) >= 11 is 0. The topological polar surface area (TPSA) is 78.2 Å². The number of hydrogen-bond donors (Lipinski definition) is 1. The van der Waals surface area contributed by atoms with E-state index in [9.17, 15) is 4.79 Å². The Morgan fingerprint density at radius 2 is 2.00 bits per heavy atom. The molecule has 0 unspecified atom stereocenters. The van der Waals surface area contributed by atoms with Crippen LogP contribution >= 0.6 is 0 Å². The molecular weight excluding hydrogens is 340 g/mol. The first-order valence-electron chi connectivity index (χ1n) is 9.05. The van der Waals surface area contributed by atoms with Crippen LogP contribution in [0.4, 0.5) is 11.5 Å². The van der Waals surface area contributed by atoms with Crippen molar-refractivity contribution in [3.8, 4) is 11.8 Å². The molecule has 138 valence electrons. The van der Waals surface area contributed by atoms with Crippen LogP contribution in [0.25, 0.3) is 6.08 Å². The number of amides is 1. The quantitative estimate of drug-likeness (QED) is 0.794. The number of piperidine rings is 1. The van der Waals surface area contributed by atoms with Crippen LogP contribution < -0.4 is 15.0 Å². The molecule has 3 rings (SSSR count). The molecule has 1 aromatic carbocycles. The summed E-state index contributed by atoms with van der Waals surface area (Å²) in [5, 5.41) is 11.4. The predicted molar refractivity (Wildman–Crippen MR) is 106 cm³/mol. The van der Waals surface area contributed by atoms with Crippen LogP contribution in [0.2, 0.25) is 0 Å². The summed E-state index contributed by atoms with van der Waals surface area (Å²) in [5.74, 6) is 1.25. The number of nitriles is 1. The molecule has 0 saturated carbocycles. The molecule has 1 aliphatic rings. The molecule has 2 aromatic rings. The third-order valence-corrected chi connectivity index (χ3v) is 4.31. The van der Waals surface area contributed by atoms with Crippen LogP contribution in [-0.4, -0.2) is 30.6 Å². The van der Waals surface area contributed by atoms with Crippen molar-refractivity contribution in [2.75, 3.05) is 29.9 Å². The highest BCUT2D eigenvalue weighted by Crippen LogP contribution is 2.25. The number of carbonyl (C=O) groups excluding carboxylic acids is 1. The van der Waals surface area contributed by atoms with Crippen molar-refractivity contribution in [2.24, 2.45) is 0 Å². The zero-order valence-corrected chi connectivity index (χ0v) is 15.1. The van der Waals surface area contributed by atoms with Gasteiger partial charge in [0.25, 0.3) is 0 Å². The summed E-state index contributed by atoms with van der Waals surface area (Å²) in [6, 6.07) is 12.8. The molecule has 1 fully saturated rings. The minimum absolute atomic E-state index is 0.0159. The van der Waals surface area contributed by atoms with Gasteiger partial charge in [-0.2, -0.15) is 5.26 Å². The van der Waals surface area contributed by atoms with Crippen molar-refractivity contribution in [1.29, 1.82) is 5.26 Å². The van der Waals surface area contributed by atoms with Gasteiger partial charge in [-0.1, -0.05) is 12.1 Å². The molecule has 0 spiro atoms. The second kappa shape index (κ2) is 9.39. The van der Waals surface area contributed by atoms with Gasteiger partial charge in [0.15, 0.2) is 12.4 Å². The summed E-state index contributed by atoms with van der Waals surface area (Å²) < 4.78 is 5.21. The summed E-state index contributed by atoms with van der Waals surface area (Å²) in [7, 11) is 0. The van der Waals surface area contributed by atoms with Crippen molar-refractivity contribution in [3.63, 3.8) is 0 Å². The summed E-state index contributed by atoms with van der Waals surface area (Å²) in [5.41, 5.74) is 1.60. The van der Waals surface area contributed by atoms with Crippen LogP contribution in [0.5, 0.6) is 5.75 Å². The molecular formula is C21H22N4O2. The van der Waals surface area contributed by atoms with Gasteiger partial charge in [-0.25, -0.2) is 4.98 Å². The van der Waals surface area contributed by atoms with Crippen molar-refractivity contribution in [2.45, 2.75) is 19.3 Å². The maximum atomic E-state index is 12.3. The van der Waals surface area contributed by atoms with E-state index >= 15 is 0 Å². The Kier molecular flexibility index (Phi) is 6.42. The number of nitrogens with zero attached hydrogens (tertiary/aromatic N) is 3. The second-order valence-corrected chi connectivity index (χ2v) is 6.26.